The number of aliphatic carboxylic acids is 1. The zero-order valence-electron chi connectivity index (χ0n) is 7.30. The molecule has 0 heterocycles. The molecule has 0 radical (unpaired) electrons. The van der Waals surface area contributed by atoms with E-state index in [-0.39, 0.29) is 39.0 Å². The van der Waals surface area contributed by atoms with Crippen molar-refractivity contribution in [3.05, 3.63) is 0 Å². The molecule has 0 spiro atoms. The van der Waals surface area contributed by atoms with Crippen LogP contribution < -0.4 is 5.32 Å². The van der Waals surface area contributed by atoms with E-state index in [4.69, 9.17) is 5.11 Å². The predicted octanol–water partition coefficient (Wildman–Crippen LogP) is -0.0663. The summed E-state index contributed by atoms with van der Waals surface area (Å²) in [6.07, 6.45) is 2.77. The Balaban J connectivity index is -0.000000500. The molecule has 1 amide bonds. The summed E-state index contributed by atoms with van der Waals surface area (Å²) in [7, 11) is 0. The van der Waals surface area contributed by atoms with Gasteiger partial charge in [-0.1, -0.05) is 0 Å². The van der Waals surface area contributed by atoms with E-state index in [1.807, 2.05) is 6.26 Å². The molecule has 4 nitrogen and oxygen atoms in total. The molecule has 0 rings (SSSR count). The molecular formula is C6H11NO3RuSZn. The zero-order valence-corrected chi connectivity index (χ0v) is 12.8. The normalized spacial score (nSPS) is 10.2. The van der Waals surface area contributed by atoms with Crippen molar-refractivity contribution in [3.8, 4) is 0 Å². The van der Waals surface area contributed by atoms with Gasteiger partial charge in [-0.3, -0.25) is 4.79 Å². The molecule has 0 aromatic carbocycles. The number of rotatable bonds is 6. The fourth-order valence-electron chi connectivity index (χ4n) is 0.596. The van der Waals surface area contributed by atoms with Gasteiger partial charge in [0.1, 0.15) is 6.04 Å². The second-order valence-electron chi connectivity index (χ2n) is 1.96. The van der Waals surface area contributed by atoms with Crippen LogP contribution in [0.2, 0.25) is 0 Å². The minimum Gasteiger partial charge on any atom is -0.480 e. The molecule has 0 bridgehead atoms. The van der Waals surface area contributed by atoms with E-state index < -0.39 is 12.0 Å². The third kappa shape index (κ3) is 10.5. The zero-order chi connectivity index (χ0) is 8.69. The van der Waals surface area contributed by atoms with Crippen LogP contribution in [0.25, 0.3) is 0 Å². The smallest absolute Gasteiger partial charge is 0.326 e. The first-order valence-electron chi connectivity index (χ1n) is 3.13. The Morgan fingerprint density at radius 2 is 2.23 bits per heavy atom. The molecule has 0 aliphatic heterocycles. The summed E-state index contributed by atoms with van der Waals surface area (Å²) >= 11 is 1.55. The van der Waals surface area contributed by atoms with Gasteiger partial charge in [0.25, 0.3) is 0 Å². The maximum absolute atomic E-state index is 10.4. The van der Waals surface area contributed by atoms with Crippen LogP contribution in [0.15, 0.2) is 0 Å². The van der Waals surface area contributed by atoms with Crippen LogP contribution in [-0.2, 0) is 48.5 Å². The van der Waals surface area contributed by atoms with Gasteiger partial charge in [-0.15, -0.1) is 0 Å². The van der Waals surface area contributed by atoms with Crippen LogP contribution in [0.3, 0.4) is 0 Å². The Bertz CT molecular complexity index is 150. The van der Waals surface area contributed by atoms with Gasteiger partial charge < -0.3 is 10.4 Å². The van der Waals surface area contributed by atoms with Crippen molar-refractivity contribution in [2.24, 2.45) is 0 Å². The van der Waals surface area contributed by atoms with Crippen LogP contribution in [0.1, 0.15) is 6.42 Å². The van der Waals surface area contributed by atoms with E-state index in [9.17, 15) is 9.59 Å². The maximum Gasteiger partial charge on any atom is 0.326 e. The SMILES string of the molecule is CSCCC(NC=O)C(=O)O.[Ru].[Zn]. The minimum absolute atomic E-state index is 0. The number of thioether (sulfide) groups is 1. The van der Waals surface area contributed by atoms with Crippen LogP contribution >= 0.6 is 11.8 Å². The van der Waals surface area contributed by atoms with E-state index in [2.05, 4.69) is 5.32 Å². The Labute approximate surface area is 107 Å². The number of amides is 1. The van der Waals surface area contributed by atoms with Gasteiger partial charge >= 0.3 is 5.97 Å². The Morgan fingerprint density at radius 1 is 1.69 bits per heavy atom. The van der Waals surface area contributed by atoms with Crippen molar-refractivity contribution in [1.82, 2.24) is 5.32 Å². The average Bonchev–Trinajstić information content (AvgIpc) is 1.97. The monoisotopic (exact) mass is 343 g/mol. The summed E-state index contributed by atoms with van der Waals surface area (Å²) in [6, 6.07) is -0.736. The summed E-state index contributed by atoms with van der Waals surface area (Å²) in [5, 5.41) is 10.7. The third-order valence-electron chi connectivity index (χ3n) is 1.18. The van der Waals surface area contributed by atoms with E-state index in [0.29, 0.717) is 12.8 Å². The summed E-state index contributed by atoms with van der Waals surface area (Å²) < 4.78 is 0. The average molecular weight is 344 g/mol. The third-order valence-corrected chi connectivity index (χ3v) is 1.82. The fraction of sp³-hybridized carbons (Fsp3) is 0.667. The fourth-order valence-corrected chi connectivity index (χ4v) is 1.07. The second-order valence-corrected chi connectivity index (χ2v) is 2.94. The van der Waals surface area contributed by atoms with Crippen molar-refractivity contribution in [2.75, 3.05) is 12.0 Å². The van der Waals surface area contributed by atoms with Crippen molar-refractivity contribution in [2.45, 2.75) is 12.5 Å². The molecule has 7 heteroatoms. The van der Waals surface area contributed by atoms with Gasteiger partial charge in [0, 0.05) is 39.0 Å². The number of carbonyl (C=O) groups is 2. The first-order chi connectivity index (χ1) is 5.22. The van der Waals surface area contributed by atoms with Crippen molar-refractivity contribution in [1.29, 1.82) is 0 Å². The summed E-state index contributed by atoms with van der Waals surface area (Å²) in [5.41, 5.74) is 0. The number of carboxylic acid groups (broad SMARTS) is 1. The predicted molar refractivity (Wildman–Crippen MR) is 43.6 cm³/mol. The minimum atomic E-state index is -0.980. The largest absolute Gasteiger partial charge is 0.480 e. The van der Waals surface area contributed by atoms with E-state index >= 15 is 0 Å². The van der Waals surface area contributed by atoms with Crippen LogP contribution in [-0.4, -0.2) is 35.5 Å². The molecule has 0 aromatic rings. The number of hydrogen-bond donors (Lipinski definition) is 2. The number of hydrogen-bond acceptors (Lipinski definition) is 3. The van der Waals surface area contributed by atoms with Gasteiger partial charge in [0.2, 0.25) is 6.41 Å². The van der Waals surface area contributed by atoms with Gasteiger partial charge in [-0.2, -0.15) is 11.8 Å². The molecule has 0 saturated heterocycles. The topological polar surface area (TPSA) is 66.4 Å². The first kappa shape index (κ1) is 19.2. The van der Waals surface area contributed by atoms with Crippen LogP contribution in [0, 0.1) is 0 Å². The molecule has 0 fully saturated rings. The molecule has 1 atom stereocenters. The molecule has 2 N–H and O–H groups in total. The van der Waals surface area contributed by atoms with Crippen LogP contribution in [0.4, 0.5) is 0 Å². The molecule has 0 aliphatic carbocycles. The van der Waals surface area contributed by atoms with Gasteiger partial charge in [-0.05, 0) is 18.4 Å². The Kier molecular flexibility index (Phi) is 18.5. The number of nitrogens with one attached hydrogen (secondary N) is 1. The van der Waals surface area contributed by atoms with E-state index in [1.165, 1.54) is 0 Å². The molecule has 13 heavy (non-hydrogen) atoms. The maximum atomic E-state index is 10.4. The number of carbonyl (C=O) groups excluding carboxylic acids is 1. The summed E-state index contributed by atoms with van der Waals surface area (Å²) in [6.45, 7) is 0. The van der Waals surface area contributed by atoms with Gasteiger partial charge in [0.15, 0.2) is 0 Å². The summed E-state index contributed by atoms with van der Waals surface area (Å²) in [4.78, 5) is 20.3. The number of carboxylic acids is 1. The van der Waals surface area contributed by atoms with Gasteiger partial charge in [0.05, 0.1) is 0 Å². The quantitative estimate of drug-likeness (QED) is 0.523. The van der Waals surface area contributed by atoms with E-state index in [1.54, 1.807) is 11.8 Å². The summed E-state index contributed by atoms with van der Waals surface area (Å²) in [5.74, 6) is -0.246. The van der Waals surface area contributed by atoms with Crippen molar-refractivity contribution >= 4 is 24.1 Å². The molecular weight excluding hydrogens is 333 g/mol. The standard InChI is InChI=1S/C6H11NO3S.Ru.Zn/c1-11-3-2-5(6(9)10)7-4-8;;/h4-5H,2-3H2,1H3,(H,7,8)(H,9,10);;. The molecule has 0 aliphatic rings. The molecule has 0 saturated carbocycles. The first-order valence-corrected chi connectivity index (χ1v) is 4.53. The Hall–Kier alpha value is 0.537. The molecule has 1 unspecified atom stereocenters. The van der Waals surface area contributed by atoms with Gasteiger partial charge in [-0.25, -0.2) is 4.79 Å². The van der Waals surface area contributed by atoms with E-state index in [0.717, 1.165) is 5.75 Å². The molecule has 0 aromatic heterocycles. The van der Waals surface area contributed by atoms with Crippen molar-refractivity contribution < 1.29 is 53.7 Å². The Morgan fingerprint density at radius 3 is 2.54 bits per heavy atom. The van der Waals surface area contributed by atoms with Crippen LogP contribution in [0.5, 0.6) is 0 Å². The molecule has 74 valence electrons. The second kappa shape index (κ2) is 12.5. The van der Waals surface area contributed by atoms with Crippen molar-refractivity contribution in [3.63, 3.8) is 0 Å².